The van der Waals surface area contributed by atoms with Gasteiger partial charge in [0.15, 0.2) is 0 Å². The second-order valence-electron chi connectivity index (χ2n) is 4.53. The largest absolute Gasteiger partial charge is 0.372 e. The number of nitrogens with zero attached hydrogens (tertiary/aromatic N) is 1. The number of amides is 1. The lowest BCUT2D eigenvalue weighted by atomic mass is 10.2. The van der Waals surface area contributed by atoms with E-state index in [9.17, 15) is 9.18 Å². The standard InChI is InChI=1S/C16H14FN3O/c1-11(16(21)20-13-5-3-2-4-6-13)19-15-8-7-12(10-18)9-14(15)17/h2-9,11,19H,1H3,(H,20,21). The molecule has 0 bridgehead atoms. The quantitative estimate of drug-likeness (QED) is 0.906. The molecule has 2 aromatic rings. The van der Waals surface area contributed by atoms with E-state index in [2.05, 4.69) is 10.6 Å². The predicted octanol–water partition coefficient (Wildman–Crippen LogP) is 3.14. The van der Waals surface area contributed by atoms with Gasteiger partial charge in [-0.2, -0.15) is 5.26 Å². The fourth-order valence-corrected chi connectivity index (χ4v) is 1.77. The number of rotatable bonds is 4. The molecule has 2 aromatic carbocycles. The zero-order valence-corrected chi connectivity index (χ0v) is 11.4. The van der Waals surface area contributed by atoms with Crippen molar-refractivity contribution in [3.63, 3.8) is 0 Å². The summed E-state index contributed by atoms with van der Waals surface area (Å²) in [5.41, 5.74) is 1.10. The van der Waals surface area contributed by atoms with E-state index in [0.717, 1.165) is 6.07 Å². The smallest absolute Gasteiger partial charge is 0.246 e. The summed E-state index contributed by atoms with van der Waals surface area (Å²) < 4.78 is 13.7. The number of anilines is 2. The minimum absolute atomic E-state index is 0.185. The molecular formula is C16H14FN3O. The fourth-order valence-electron chi connectivity index (χ4n) is 1.77. The molecule has 5 heteroatoms. The van der Waals surface area contributed by atoms with Crippen molar-refractivity contribution in [3.8, 4) is 6.07 Å². The molecule has 0 saturated carbocycles. The van der Waals surface area contributed by atoms with Crippen LogP contribution in [-0.4, -0.2) is 11.9 Å². The molecule has 21 heavy (non-hydrogen) atoms. The summed E-state index contributed by atoms with van der Waals surface area (Å²) in [6, 6.07) is 14.3. The molecule has 0 fully saturated rings. The van der Waals surface area contributed by atoms with Gasteiger partial charge in [-0.3, -0.25) is 4.79 Å². The summed E-state index contributed by atoms with van der Waals surface area (Å²) in [5, 5.41) is 14.2. The number of halogens is 1. The highest BCUT2D eigenvalue weighted by molar-refractivity contribution is 5.96. The Hall–Kier alpha value is -2.87. The molecule has 0 saturated heterocycles. The molecule has 0 spiro atoms. The highest BCUT2D eigenvalue weighted by Gasteiger charge is 2.14. The third kappa shape index (κ3) is 3.80. The van der Waals surface area contributed by atoms with Crippen LogP contribution in [0, 0.1) is 17.1 Å². The predicted molar refractivity (Wildman–Crippen MR) is 79.3 cm³/mol. The third-order valence-electron chi connectivity index (χ3n) is 2.90. The van der Waals surface area contributed by atoms with Crippen molar-refractivity contribution in [1.29, 1.82) is 5.26 Å². The summed E-state index contributed by atoms with van der Waals surface area (Å²) in [5.74, 6) is -0.835. The lowest BCUT2D eigenvalue weighted by molar-refractivity contribution is -0.116. The zero-order valence-electron chi connectivity index (χ0n) is 11.4. The number of para-hydroxylation sites is 1. The van der Waals surface area contributed by atoms with E-state index in [-0.39, 0.29) is 17.2 Å². The van der Waals surface area contributed by atoms with Crippen molar-refractivity contribution < 1.29 is 9.18 Å². The Kier molecular flexibility index (Phi) is 4.52. The van der Waals surface area contributed by atoms with Gasteiger partial charge in [-0.15, -0.1) is 0 Å². The van der Waals surface area contributed by atoms with Crippen molar-refractivity contribution in [2.45, 2.75) is 13.0 Å². The van der Waals surface area contributed by atoms with E-state index in [1.54, 1.807) is 19.1 Å². The lowest BCUT2D eigenvalue weighted by Crippen LogP contribution is -2.32. The van der Waals surface area contributed by atoms with Gasteiger partial charge < -0.3 is 10.6 Å². The number of nitriles is 1. The number of nitrogens with one attached hydrogen (secondary N) is 2. The molecule has 1 amide bonds. The van der Waals surface area contributed by atoms with Gasteiger partial charge in [0.1, 0.15) is 11.9 Å². The monoisotopic (exact) mass is 283 g/mol. The minimum atomic E-state index is -0.618. The van der Waals surface area contributed by atoms with E-state index in [1.807, 2.05) is 24.3 Å². The molecule has 0 aliphatic heterocycles. The molecule has 0 heterocycles. The third-order valence-corrected chi connectivity index (χ3v) is 2.90. The Bertz CT molecular complexity index is 680. The van der Waals surface area contributed by atoms with Crippen LogP contribution in [0.25, 0.3) is 0 Å². The zero-order chi connectivity index (χ0) is 15.2. The number of carbonyl (C=O) groups is 1. The van der Waals surface area contributed by atoms with Crippen molar-refractivity contribution in [2.75, 3.05) is 10.6 Å². The fraction of sp³-hybridized carbons (Fsp3) is 0.125. The van der Waals surface area contributed by atoms with E-state index < -0.39 is 11.9 Å². The number of benzene rings is 2. The first-order valence-electron chi connectivity index (χ1n) is 6.42. The van der Waals surface area contributed by atoms with E-state index in [0.29, 0.717) is 5.69 Å². The van der Waals surface area contributed by atoms with Crippen LogP contribution in [-0.2, 0) is 4.79 Å². The Morgan fingerprint density at radius 1 is 1.24 bits per heavy atom. The summed E-state index contributed by atoms with van der Waals surface area (Å²) in [4.78, 5) is 12.0. The van der Waals surface area contributed by atoms with Crippen LogP contribution in [0.15, 0.2) is 48.5 Å². The van der Waals surface area contributed by atoms with Gasteiger partial charge in [-0.05, 0) is 37.3 Å². The topological polar surface area (TPSA) is 64.9 Å². The average molecular weight is 283 g/mol. The Morgan fingerprint density at radius 2 is 1.95 bits per heavy atom. The highest BCUT2D eigenvalue weighted by Crippen LogP contribution is 2.17. The molecule has 0 aromatic heterocycles. The Morgan fingerprint density at radius 3 is 2.57 bits per heavy atom. The average Bonchev–Trinajstić information content (AvgIpc) is 2.50. The van der Waals surface area contributed by atoms with Gasteiger partial charge in [-0.25, -0.2) is 4.39 Å². The van der Waals surface area contributed by atoms with Crippen molar-refractivity contribution in [3.05, 3.63) is 59.9 Å². The lowest BCUT2D eigenvalue weighted by Gasteiger charge is -2.15. The van der Waals surface area contributed by atoms with Crippen LogP contribution in [0.4, 0.5) is 15.8 Å². The highest BCUT2D eigenvalue weighted by atomic mass is 19.1. The van der Waals surface area contributed by atoms with E-state index >= 15 is 0 Å². The van der Waals surface area contributed by atoms with Crippen molar-refractivity contribution in [2.24, 2.45) is 0 Å². The van der Waals surface area contributed by atoms with Crippen molar-refractivity contribution in [1.82, 2.24) is 0 Å². The summed E-state index contributed by atoms with van der Waals surface area (Å²) in [7, 11) is 0. The van der Waals surface area contributed by atoms with Gasteiger partial charge in [0.25, 0.3) is 0 Å². The summed E-state index contributed by atoms with van der Waals surface area (Å²) in [6.45, 7) is 1.63. The molecular weight excluding hydrogens is 269 g/mol. The maximum atomic E-state index is 13.7. The molecule has 1 unspecified atom stereocenters. The van der Waals surface area contributed by atoms with Crippen LogP contribution in [0.5, 0.6) is 0 Å². The first-order chi connectivity index (χ1) is 10.1. The normalized spacial score (nSPS) is 11.3. The van der Waals surface area contributed by atoms with Gasteiger partial charge in [0.2, 0.25) is 5.91 Å². The van der Waals surface area contributed by atoms with E-state index in [1.165, 1.54) is 12.1 Å². The van der Waals surface area contributed by atoms with Crippen molar-refractivity contribution >= 4 is 17.3 Å². The van der Waals surface area contributed by atoms with Crippen LogP contribution in [0.2, 0.25) is 0 Å². The number of carbonyl (C=O) groups excluding carboxylic acids is 1. The number of hydrogen-bond donors (Lipinski definition) is 2. The second-order valence-corrected chi connectivity index (χ2v) is 4.53. The van der Waals surface area contributed by atoms with Gasteiger partial charge in [0, 0.05) is 5.69 Å². The first-order valence-corrected chi connectivity index (χ1v) is 6.42. The molecule has 1 atom stereocenters. The summed E-state index contributed by atoms with van der Waals surface area (Å²) >= 11 is 0. The first kappa shape index (κ1) is 14.5. The van der Waals surface area contributed by atoms with Crippen LogP contribution >= 0.6 is 0 Å². The molecule has 0 aliphatic carbocycles. The maximum Gasteiger partial charge on any atom is 0.246 e. The molecule has 4 nitrogen and oxygen atoms in total. The van der Waals surface area contributed by atoms with Crippen LogP contribution < -0.4 is 10.6 Å². The second kappa shape index (κ2) is 6.53. The SMILES string of the molecule is CC(Nc1ccc(C#N)cc1F)C(=O)Nc1ccccc1. The van der Waals surface area contributed by atoms with Crippen LogP contribution in [0.1, 0.15) is 12.5 Å². The Balaban J connectivity index is 2.02. The molecule has 0 aliphatic rings. The molecule has 2 rings (SSSR count). The Labute approximate surface area is 122 Å². The van der Waals surface area contributed by atoms with Gasteiger partial charge in [-0.1, -0.05) is 18.2 Å². The maximum absolute atomic E-state index is 13.7. The molecule has 0 radical (unpaired) electrons. The molecule has 2 N–H and O–H groups in total. The van der Waals surface area contributed by atoms with Gasteiger partial charge in [0.05, 0.1) is 17.3 Å². The minimum Gasteiger partial charge on any atom is -0.372 e. The van der Waals surface area contributed by atoms with Crippen LogP contribution in [0.3, 0.4) is 0 Å². The summed E-state index contributed by atoms with van der Waals surface area (Å²) in [6.07, 6.45) is 0. The number of hydrogen-bond acceptors (Lipinski definition) is 3. The van der Waals surface area contributed by atoms with E-state index in [4.69, 9.17) is 5.26 Å². The molecule has 106 valence electrons. The van der Waals surface area contributed by atoms with Gasteiger partial charge >= 0.3 is 0 Å².